The van der Waals surface area contributed by atoms with Gasteiger partial charge in [-0.05, 0) is 47.7 Å². The van der Waals surface area contributed by atoms with E-state index >= 15 is 0 Å². The molecule has 3 rings (SSSR count). The minimum Gasteiger partial charge on any atom is -0.267 e. The average Bonchev–Trinajstić information content (AvgIpc) is 2.91. The molecule has 0 bridgehead atoms. The molecule has 1 N–H and O–H groups in total. The van der Waals surface area contributed by atoms with E-state index < -0.39 is 27.8 Å². The Labute approximate surface area is 155 Å². The van der Waals surface area contributed by atoms with Crippen molar-refractivity contribution in [1.29, 1.82) is 0 Å². The van der Waals surface area contributed by atoms with Crippen LogP contribution in [0.5, 0.6) is 0 Å². The number of rotatable bonds is 4. The highest BCUT2D eigenvalue weighted by Gasteiger charge is 2.36. The number of hydrazine groups is 1. The van der Waals surface area contributed by atoms with E-state index in [4.69, 9.17) is 0 Å². The summed E-state index contributed by atoms with van der Waals surface area (Å²) in [5, 5.41) is 10.5. The quantitative estimate of drug-likeness (QED) is 0.490. The predicted octanol–water partition coefficient (Wildman–Crippen LogP) is 3.12. The van der Waals surface area contributed by atoms with Crippen LogP contribution in [0.1, 0.15) is 15.9 Å². The van der Waals surface area contributed by atoms with Gasteiger partial charge in [-0.25, -0.2) is 4.39 Å². The number of nitro benzene ring substituents is 1. The fourth-order valence-electron chi connectivity index (χ4n) is 2.18. The zero-order chi connectivity index (χ0) is 19.6. The fourth-order valence-corrected chi connectivity index (χ4v) is 2.96. The molecule has 0 spiro atoms. The summed E-state index contributed by atoms with van der Waals surface area (Å²) in [7, 11) is 0. The molecule has 1 heterocycles. The number of nitro groups is 1. The largest absolute Gasteiger partial charge is 0.312 e. The molecule has 0 atom stereocenters. The highest BCUT2D eigenvalue weighted by Crippen LogP contribution is 2.31. The molecule has 27 heavy (non-hydrogen) atoms. The summed E-state index contributed by atoms with van der Waals surface area (Å²) in [5.74, 6) is -1.93. The maximum Gasteiger partial charge on any atom is 0.312 e. The molecule has 10 heteroatoms. The van der Waals surface area contributed by atoms with Crippen molar-refractivity contribution >= 4 is 40.6 Å². The number of carbonyl (C=O) groups excluding carboxylic acids is 3. The molecule has 1 saturated heterocycles. The van der Waals surface area contributed by atoms with Crippen LogP contribution in [0.2, 0.25) is 0 Å². The Balaban J connectivity index is 1.74. The Kier molecular flexibility index (Phi) is 4.99. The molecule has 136 valence electrons. The molecule has 0 radical (unpaired) electrons. The number of thioether (sulfide) groups is 1. The normalized spacial score (nSPS) is 15.3. The lowest BCUT2D eigenvalue weighted by molar-refractivity contribution is -0.384. The van der Waals surface area contributed by atoms with Crippen molar-refractivity contribution in [2.45, 2.75) is 0 Å². The van der Waals surface area contributed by atoms with E-state index in [1.165, 1.54) is 42.5 Å². The number of halogens is 1. The Bertz CT molecular complexity index is 973. The van der Waals surface area contributed by atoms with E-state index in [-0.39, 0.29) is 16.2 Å². The molecule has 2 aromatic carbocycles. The van der Waals surface area contributed by atoms with Crippen molar-refractivity contribution in [3.8, 4) is 0 Å². The summed E-state index contributed by atoms with van der Waals surface area (Å²) in [6.07, 6.45) is 1.41. The van der Waals surface area contributed by atoms with Gasteiger partial charge in [-0.15, -0.1) is 0 Å². The van der Waals surface area contributed by atoms with Crippen LogP contribution in [0.25, 0.3) is 6.08 Å². The first-order chi connectivity index (χ1) is 12.8. The van der Waals surface area contributed by atoms with Gasteiger partial charge in [0.15, 0.2) is 0 Å². The number of hydrogen-bond donors (Lipinski definition) is 1. The third-order valence-corrected chi connectivity index (χ3v) is 4.38. The Hall–Kier alpha value is -3.53. The van der Waals surface area contributed by atoms with Crippen molar-refractivity contribution < 1.29 is 23.7 Å². The molecule has 0 unspecified atom stereocenters. The maximum absolute atomic E-state index is 12.9. The van der Waals surface area contributed by atoms with Crippen molar-refractivity contribution in [3.63, 3.8) is 0 Å². The summed E-state index contributed by atoms with van der Waals surface area (Å²) in [6, 6.07) is 10.0. The summed E-state index contributed by atoms with van der Waals surface area (Å²) in [6.45, 7) is 0. The minimum absolute atomic E-state index is 0.0437. The first-order valence-corrected chi connectivity index (χ1v) is 8.26. The van der Waals surface area contributed by atoms with Crippen LogP contribution in [0.3, 0.4) is 0 Å². The van der Waals surface area contributed by atoms with E-state index in [1.54, 1.807) is 0 Å². The lowest BCUT2D eigenvalue weighted by Crippen LogP contribution is -2.44. The van der Waals surface area contributed by atoms with Crippen LogP contribution < -0.4 is 5.43 Å². The molecule has 1 aliphatic rings. The number of non-ortho nitro benzene ring substituents is 1. The standard InChI is InChI=1S/C17H10FN3O5S/c18-12-5-1-10(2-6-12)9-14-16(23)20(17(24)27-14)19-15(22)11-3-7-13(8-4-11)21(25)26/h1-9H,(H,19,22)/b14-9-. The van der Waals surface area contributed by atoms with Gasteiger partial charge >= 0.3 is 5.24 Å². The van der Waals surface area contributed by atoms with E-state index in [0.29, 0.717) is 22.3 Å². The van der Waals surface area contributed by atoms with Gasteiger partial charge in [0.25, 0.3) is 17.5 Å². The van der Waals surface area contributed by atoms with Gasteiger partial charge < -0.3 is 0 Å². The fraction of sp³-hybridized carbons (Fsp3) is 0. The van der Waals surface area contributed by atoms with Crippen LogP contribution in [-0.2, 0) is 4.79 Å². The van der Waals surface area contributed by atoms with Gasteiger partial charge in [-0.3, -0.25) is 29.9 Å². The molecular weight excluding hydrogens is 377 g/mol. The zero-order valence-electron chi connectivity index (χ0n) is 13.4. The topological polar surface area (TPSA) is 110 Å². The van der Waals surface area contributed by atoms with Gasteiger partial charge in [0.05, 0.1) is 9.83 Å². The smallest absolute Gasteiger partial charge is 0.267 e. The average molecular weight is 387 g/mol. The van der Waals surface area contributed by atoms with Gasteiger partial charge in [-0.2, -0.15) is 5.01 Å². The van der Waals surface area contributed by atoms with Crippen LogP contribution >= 0.6 is 11.8 Å². The number of hydrogen-bond acceptors (Lipinski definition) is 6. The minimum atomic E-state index is -0.768. The summed E-state index contributed by atoms with van der Waals surface area (Å²) in [5.41, 5.74) is 2.54. The molecule has 3 amide bonds. The first-order valence-electron chi connectivity index (χ1n) is 7.44. The number of imide groups is 1. The van der Waals surface area contributed by atoms with Crippen molar-refractivity contribution in [2.24, 2.45) is 0 Å². The van der Waals surface area contributed by atoms with Gasteiger partial charge in [0.1, 0.15) is 5.82 Å². The second-order valence-electron chi connectivity index (χ2n) is 5.31. The van der Waals surface area contributed by atoms with E-state index in [1.807, 2.05) is 0 Å². The highest BCUT2D eigenvalue weighted by atomic mass is 32.2. The second-order valence-corrected chi connectivity index (χ2v) is 6.31. The lowest BCUT2D eigenvalue weighted by Gasteiger charge is -2.13. The molecule has 1 fully saturated rings. The number of carbonyl (C=O) groups is 3. The van der Waals surface area contributed by atoms with Crippen molar-refractivity contribution in [2.75, 3.05) is 0 Å². The van der Waals surface area contributed by atoms with E-state index in [0.717, 1.165) is 12.1 Å². The highest BCUT2D eigenvalue weighted by molar-refractivity contribution is 8.18. The Morgan fingerprint density at radius 3 is 2.33 bits per heavy atom. The molecule has 2 aromatic rings. The summed E-state index contributed by atoms with van der Waals surface area (Å²) in [4.78, 5) is 46.6. The van der Waals surface area contributed by atoms with E-state index in [9.17, 15) is 28.9 Å². The van der Waals surface area contributed by atoms with Crippen LogP contribution in [-0.4, -0.2) is 27.0 Å². The monoisotopic (exact) mass is 387 g/mol. The molecule has 0 aromatic heterocycles. The SMILES string of the molecule is O=C(NN1C(=O)S/C(=C\c2ccc(F)cc2)C1=O)c1ccc([N+](=O)[O-])cc1. The predicted molar refractivity (Wildman–Crippen MR) is 94.8 cm³/mol. The van der Waals surface area contributed by atoms with Crippen molar-refractivity contribution in [3.05, 3.63) is 80.5 Å². The second kappa shape index (κ2) is 7.38. The third-order valence-electron chi connectivity index (χ3n) is 3.52. The summed E-state index contributed by atoms with van der Waals surface area (Å²) >= 11 is 0.625. The first kappa shape index (κ1) is 18.3. The molecule has 1 aliphatic heterocycles. The molecule has 0 saturated carbocycles. The number of nitrogens with zero attached hydrogens (tertiary/aromatic N) is 2. The third kappa shape index (κ3) is 4.01. The Morgan fingerprint density at radius 2 is 1.74 bits per heavy atom. The molecule has 0 aliphatic carbocycles. The maximum atomic E-state index is 12.9. The van der Waals surface area contributed by atoms with E-state index in [2.05, 4.69) is 5.43 Å². The number of nitrogens with one attached hydrogen (secondary N) is 1. The van der Waals surface area contributed by atoms with Gasteiger partial charge in [-0.1, -0.05) is 12.1 Å². The lowest BCUT2D eigenvalue weighted by atomic mass is 10.2. The van der Waals surface area contributed by atoms with Gasteiger partial charge in [0.2, 0.25) is 0 Å². The summed E-state index contributed by atoms with van der Waals surface area (Å²) < 4.78 is 12.9. The molecule has 8 nitrogen and oxygen atoms in total. The number of amides is 3. The molecular formula is C17H10FN3O5S. The van der Waals surface area contributed by atoms with Crippen molar-refractivity contribution in [1.82, 2.24) is 10.4 Å². The van der Waals surface area contributed by atoms with Gasteiger partial charge in [0, 0.05) is 17.7 Å². The zero-order valence-corrected chi connectivity index (χ0v) is 14.2. The van der Waals surface area contributed by atoms with Crippen LogP contribution in [0, 0.1) is 15.9 Å². The van der Waals surface area contributed by atoms with Crippen LogP contribution in [0.4, 0.5) is 14.9 Å². The Morgan fingerprint density at radius 1 is 1.11 bits per heavy atom. The number of benzene rings is 2. The van der Waals surface area contributed by atoms with Crippen LogP contribution in [0.15, 0.2) is 53.4 Å².